The molecule has 2 N–H and O–H groups in total. The van der Waals surface area contributed by atoms with Crippen LogP contribution in [0.25, 0.3) is 0 Å². The van der Waals surface area contributed by atoms with Gasteiger partial charge in [-0.05, 0) is 24.6 Å². The molecule has 0 bridgehead atoms. The molecule has 4 nitrogen and oxygen atoms in total. The molecule has 106 valence electrons. The highest BCUT2D eigenvalue weighted by Gasteiger charge is 2.28. The maximum Gasteiger partial charge on any atom is 0.251 e. The Morgan fingerprint density at radius 1 is 1.47 bits per heavy atom. The van der Waals surface area contributed by atoms with Crippen LogP contribution in [-0.2, 0) is 4.74 Å². The summed E-state index contributed by atoms with van der Waals surface area (Å²) in [6.07, 6.45) is 0.0230. The van der Waals surface area contributed by atoms with Crippen LogP contribution in [0, 0.1) is 6.92 Å². The molecule has 1 aliphatic rings. The lowest BCUT2D eigenvalue weighted by molar-refractivity contribution is 0.0780. The standard InChI is InChI=1S/C13H17ClN2O2.ClH/c1-8-3-4-9(5-10(8)14)13(17)16-11-6-15-7-12(11)18-2;/h3-5,11-12,15H,6-7H2,1-2H3,(H,16,17);1H. The zero-order valence-electron chi connectivity index (χ0n) is 10.9. The second-order valence-electron chi connectivity index (χ2n) is 4.48. The SMILES string of the molecule is COC1CNCC1NC(=O)c1ccc(C)c(Cl)c1.Cl. The molecule has 0 radical (unpaired) electrons. The second kappa shape index (κ2) is 7.10. The highest BCUT2D eigenvalue weighted by atomic mass is 35.5. The predicted molar refractivity (Wildman–Crippen MR) is 78.4 cm³/mol. The number of aryl methyl sites for hydroxylation is 1. The first-order valence-corrected chi connectivity index (χ1v) is 6.30. The van der Waals surface area contributed by atoms with E-state index in [2.05, 4.69) is 10.6 Å². The number of carbonyl (C=O) groups is 1. The molecule has 2 rings (SSSR count). The van der Waals surface area contributed by atoms with Gasteiger partial charge in [-0.15, -0.1) is 12.4 Å². The molecular weight excluding hydrogens is 287 g/mol. The van der Waals surface area contributed by atoms with Gasteiger partial charge < -0.3 is 15.4 Å². The van der Waals surface area contributed by atoms with E-state index in [9.17, 15) is 4.79 Å². The van der Waals surface area contributed by atoms with Crippen molar-refractivity contribution in [3.8, 4) is 0 Å². The second-order valence-corrected chi connectivity index (χ2v) is 4.88. The summed E-state index contributed by atoms with van der Waals surface area (Å²) in [5.74, 6) is -0.118. The Balaban J connectivity index is 0.00000180. The fourth-order valence-corrected chi connectivity index (χ4v) is 2.21. The smallest absolute Gasteiger partial charge is 0.251 e. The third-order valence-corrected chi connectivity index (χ3v) is 3.62. The van der Waals surface area contributed by atoms with Crippen LogP contribution in [0.5, 0.6) is 0 Å². The van der Waals surface area contributed by atoms with Crippen molar-refractivity contribution in [3.63, 3.8) is 0 Å². The number of amides is 1. The molecule has 1 heterocycles. The lowest BCUT2D eigenvalue weighted by Gasteiger charge is -2.18. The van der Waals surface area contributed by atoms with Crippen LogP contribution in [0.4, 0.5) is 0 Å². The molecule has 1 aromatic carbocycles. The number of benzene rings is 1. The molecule has 1 saturated heterocycles. The summed E-state index contributed by atoms with van der Waals surface area (Å²) in [5, 5.41) is 6.75. The number of carbonyl (C=O) groups excluding carboxylic acids is 1. The Kier molecular flexibility index (Phi) is 6.07. The molecule has 19 heavy (non-hydrogen) atoms. The van der Waals surface area contributed by atoms with Gasteiger partial charge in [0.2, 0.25) is 0 Å². The van der Waals surface area contributed by atoms with Crippen molar-refractivity contribution in [1.82, 2.24) is 10.6 Å². The Morgan fingerprint density at radius 2 is 2.21 bits per heavy atom. The molecule has 1 aromatic rings. The van der Waals surface area contributed by atoms with Crippen molar-refractivity contribution < 1.29 is 9.53 Å². The Morgan fingerprint density at radius 3 is 2.84 bits per heavy atom. The quantitative estimate of drug-likeness (QED) is 0.895. The molecule has 0 aromatic heterocycles. The van der Waals surface area contributed by atoms with Gasteiger partial charge in [-0.2, -0.15) is 0 Å². The number of nitrogens with one attached hydrogen (secondary N) is 2. The van der Waals surface area contributed by atoms with Crippen molar-refractivity contribution in [2.45, 2.75) is 19.1 Å². The molecule has 0 aliphatic carbocycles. The van der Waals surface area contributed by atoms with Crippen LogP contribution in [-0.4, -0.2) is 38.3 Å². The molecular formula is C13H18Cl2N2O2. The molecule has 2 unspecified atom stereocenters. The van der Waals surface area contributed by atoms with Crippen LogP contribution >= 0.6 is 24.0 Å². The van der Waals surface area contributed by atoms with Crippen LogP contribution in [0.2, 0.25) is 5.02 Å². The summed E-state index contributed by atoms with van der Waals surface area (Å²) in [4.78, 5) is 12.1. The Labute approximate surface area is 124 Å². The van der Waals surface area contributed by atoms with Gasteiger partial charge in [0.05, 0.1) is 12.1 Å². The van der Waals surface area contributed by atoms with E-state index in [4.69, 9.17) is 16.3 Å². The molecule has 0 spiro atoms. The minimum Gasteiger partial charge on any atom is -0.378 e. The zero-order valence-corrected chi connectivity index (χ0v) is 12.5. The van der Waals surface area contributed by atoms with Gasteiger partial charge in [0.15, 0.2) is 0 Å². The van der Waals surface area contributed by atoms with Crippen molar-refractivity contribution in [1.29, 1.82) is 0 Å². The molecule has 1 aliphatic heterocycles. The van der Waals surface area contributed by atoms with E-state index >= 15 is 0 Å². The monoisotopic (exact) mass is 304 g/mol. The van der Waals surface area contributed by atoms with E-state index in [0.717, 1.165) is 18.7 Å². The van der Waals surface area contributed by atoms with Crippen LogP contribution in [0.1, 0.15) is 15.9 Å². The first-order valence-electron chi connectivity index (χ1n) is 5.92. The van der Waals surface area contributed by atoms with Crippen molar-refractivity contribution in [3.05, 3.63) is 34.3 Å². The number of halogens is 2. The highest BCUT2D eigenvalue weighted by molar-refractivity contribution is 6.31. The van der Waals surface area contributed by atoms with E-state index in [1.54, 1.807) is 19.2 Å². The van der Waals surface area contributed by atoms with Gasteiger partial charge in [0.25, 0.3) is 5.91 Å². The lowest BCUT2D eigenvalue weighted by atomic mass is 10.1. The normalized spacial score (nSPS) is 21.8. The third-order valence-electron chi connectivity index (χ3n) is 3.21. The first-order chi connectivity index (χ1) is 8.61. The molecule has 1 fully saturated rings. The number of hydrogen-bond acceptors (Lipinski definition) is 3. The average molecular weight is 305 g/mol. The van der Waals surface area contributed by atoms with E-state index < -0.39 is 0 Å². The fraction of sp³-hybridized carbons (Fsp3) is 0.462. The highest BCUT2D eigenvalue weighted by Crippen LogP contribution is 2.17. The lowest BCUT2D eigenvalue weighted by Crippen LogP contribution is -2.43. The van der Waals surface area contributed by atoms with Gasteiger partial charge in [-0.1, -0.05) is 17.7 Å². The van der Waals surface area contributed by atoms with E-state index in [1.807, 2.05) is 13.0 Å². The largest absolute Gasteiger partial charge is 0.378 e. The Hall–Kier alpha value is -0.810. The minimum atomic E-state index is -0.118. The van der Waals surface area contributed by atoms with Crippen LogP contribution in [0.3, 0.4) is 0 Å². The van der Waals surface area contributed by atoms with Crippen molar-refractivity contribution in [2.75, 3.05) is 20.2 Å². The van der Waals surface area contributed by atoms with E-state index in [1.165, 1.54) is 0 Å². The number of methoxy groups -OCH3 is 1. The summed E-state index contributed by atoms with van der Waals surface area (Å²) in [6, 6.07) is 5.32. The summed E-state index contributed by atoms with van der Waals surface area (Å²) in [6.45, 7) is 3.39. The van der Waals surface area contributed by atoms with Crippen LogP contribution < -0.4 is 10.6 Å². The summed E-state index contributed by atoms with van der Waals surface area (Å²) in [5.41, 5.74) is 1.54. The molecule has 0 saturated carbocycles. The summed E-state index contributed by atoms with van der Waals surface area (Å²) < 4.78 is 5.30. The first kappa shape index (κ1) is 16.2. The van der Waals surface area contributed by atoms with Crippen LogP contribution in [0.15, 0.2) is 18.2 Å². The molecule has 2 atom stereocenters. The molecule has 6 heteroatoms. The fourth-order valence-electron chi connectivity index (χ4n) is 2.03. The van der Waals surface area contributed by atoms with Gasteiger partial charge >= 0.3 is 0 Å². The van der Waals surface area contributed by atoms with Crippen molar-refractivity contribution in [2.24, 2.45) is 0 Å². The summed E-state index contributed by atoms with van der Waals surface area (Å²) in [7, 11) is 1.65. The maximum absolute atomic E-state index is 12.1. The maximum atomic E-state index is 12.1. The molecule has 1 amide bonds. The average Bonchev–Trinajstić information content (AvgIpc) is 2.79. The van der Waals surface area contributed by atoms with Gasteiger partial charge in [0, 0.05) is 30.8 Å². The number of rotatable bonds is 3. The van der Waals surface area contributed by atoms with E-state index in [-0.39, 0.29) is 30.5 Å². The zero-order chi connectivity index (χ0) is 13.1. The van der Waals surface area contributed by atoms with Gasteiger partial charge in [-0.3, -0.25) is 4.79 Å². The third kappa shape index (κ3) is 3.83. The van der Waals surface area contributed by atoms with Crippen molar-refractivity contribution >= 4 is 29.9 Å². The number of ether oxygens (including phenoxy) is 1. The van der Waals surface area contributed by atoms with E-state index in [0.29, 0.717) is 10.6 Å². The predicted octanol–water partition coefficient (Wildman–Crippen LogP) is 1.79. The van der Waals surface area contributed by atoms with Gasteiger partial charge in [-0.25, -0.2) is 0 Å². The topological polar surface area (TPSA) is 50.4 Å². The van der Waals surface area contributed by atoms with Gasteiger partial charge in [0.1, 0.15) is 0 Å². The minimum absolute atomic E-state index is 0. The number of hydrogen-bond donors (Lipinski definition) is 2. The summed E-state index contributed by atoms with van der Waals surface area (Å²) >= 11 is 6.01. The Bertz CT molecular complexity index is 454.